The zero-order valence-electron chi connectivity index (χ0n) is 15.0. The summed E-state index contributed by atoms with van der Waals surface area (Å²) in [5.41, 5.74) is 2.33. The van der Waals surface area contributed by atoms with Gasteiger partial charge in [0.2, 0.25) is 5.75 Å². The SMILES string of the molecule is COc1cc(C(=O)NCCc2nc3ccccc3[nH]2)cc(OC)c1OC. The summed E-state index contributed by atoms with van der Waals surface area (Å²) in [5.74, 6) is 1.94. The number of ether oxygens (including phenoxy) is 3. The fourth-order valence-electron chi connectivity index (χ4n) is 2.73. The Kier molecular flexibility index (Phi) is 5.26. The lowest BCUT2D eigenvalue weighted by atomic mass is 10.1. The average molecular weight is 355 g/mol. The molecule has 0 atom stereocenters. The summed E-state index contributed by atoms with van der Waals surface area (Å²) >= 11 is 0. The molecule has 0 spiro atoms. The Morgan fingerprint density at radius 2 is 1.77 bits per heavy atom. The summed E-state index contributed by atoms with van der Waals surface area (Å²) in [4.78, 5) is 20.2. The first-order valence-electron chi connectivity index (χ1n) is 8.18. The first-order chi connectivity index (χ1) is 12.7. The minimum absolute atomic E-state index is 0.222. The van der Waals surface area contributed by atoms with E-state index in [0.29, 0.717) is 35.8 Å². The summed E-state index contributed by atoms with van der Waals surface area (Å²) < 4.78 is 15.8. The highest BCUT2D eigenvalue weighted by Gasteiger charge is 2.16. The second kappa shape index (κ2) is 7.77. The number of amides is 1. The number of imidazole rings is 1. The fourth-order valence-corrected chi connectivity index (χ4v) is 2.73. The van der Waals surface area contributed by atoms with Crippen molar-refractivity contribution in [3.05, 3.63) is 47.8 Å². The Morgan fingerprint density at radius 3 is 2.38 bits per heavy atom. The molecule has 1 aromatic heterocycles. The highest BCUT2D eigenvalue weighted by molar-refractivity contribution is 5.95. The Morgan fingerprint density at radius 1 is 1.08 bits per heavy atom. The molecular weight excluding hydrogens is 334 g/mol. The van der Waals surface area contributed by atoms with Crippen LogP contribution in [0.25, 0.3) is 11.0 Å². The normalized spacial score (nSPS) is 10.6. The number of fused-ring (bicyclic) bond motifs is 1. The largest absolute Gasteiger partial charge is 0.493 e. The van der Waals surface area contributed by atoms with Crippen LogP contribution in [0.1, 0.15) is 16.2 Å². The lowest BCUT2D eigenvalue weighted by molar-refractivity contribution is 0.0953. The molecule has 0 unspecified atom stereocenters. The lowest BCUT2D eigenvalue weighted by Gasteiger charge is -2.14. The molecule has 2 aromatic carbocycles. The number of carbonyl (C=O) groups is 1. The van der Waals surface area contributed by atoms with Crippen LogP contribution in [-0.2, 0) is 6.42 Å². The molecular formula is C19H21N3O4. The number of benzene rings is 2. The molecule has 0 bridgehead atoms. The maximum atomic E-state index is 12.4. The van der Waals surface area contributed by atoms with E-state index in [9.17, 15) is 4.79 Å². The Bertz CT molecular complexity index is 862. The van der Waals surface area contributed by atoms with Crippen LogP contribution in [0.2, 0.25) is 0 Å². The van der Waals surface area contributed by atoms with Gasteiger partial charge in [0.15, 0.2) is 11.5 Å². The number of hydrogen-bond acceptors (Lipinski definition) is 5. The molecule has 0 radical (unpaired) electrons. The van der Waals surface area contributed by atoms with E-state index >= 15 is 0 Å². The van der Waals surface area contributed by atoms with Crippen molar-refractivity contribution in [3.63, 3.8) is 0 Å². The van der Waals surface area contributed by atoms with Crippen LogP contribution in [-0.4, -0.2) is 43.7 Å². The van der Waals surface area contributed by atoms with E-state index in [1.165, 1.54) is 21.3 Å². The number of rotatable bonds is 7. The van der Waals surface area contributed by atoms with E-state index in [0.717, 1.165) is 16.9 Å². The number of carbonyl (C=O) groups excluding carboxylic acids is 1. The summed E-state index contributed by atoms with van der Waals surface area (Å²) in [6, 6.07) is 11.1. The van der Waals surface area contributed by atoms with Gasteiger partial charge in [-0.15, -0.1) is 0 Å². The second-order valence-electron chi connectivity index (χ2n) is 5.62. The van der Waals surface area contributed by atoms with E-state index in [1.807, 2.05) is 24.3 Å². The predicted octanol–water partition coefficient (Wildman–Crippen LogP) is 2.56. The number of H-pyrrole nitrogens is 1. The topological polar surface area (TPSA) is 85.5 Å². The van der Waals surface area contributed by atoms with Crippen molar-refractivity contribution in [2.45, 2.75) is 6.42 Å². The molecule has 1 heterocycles. The zero-order chi connectivity index (χ0) is 18.5. The van der Waals surface area contributed by atoms with Gasteiger partial charge in [0, 0.05) is 18.5 Å². The Balaban J connectivity index is 1.67. The summed E-state index contributed by atoms with van der Waals surface area (Å²) in [6.07, 6.45) is 0.602. The van der Waals surface area contributed by atoms with Gasteiger partial charge in [-0.25, -0.2) is 4.98 Å². The van der Waals surface area contributed by atoms with Crippen molar-refractivity contribution in [3.8, 4) is 17.2 Å². The van der Waals surface area contributed by atoms with Crippen LogP contribution in [0.3, 0.4) is 0 Å². The van der Waals surface area contributed by atoms with E-state index < -0.39 is 0 Å². The van der Waals surface area contributed by atoms with Crippen LogP contribution in [0.4, 0.5) is 0 Å². The number of para-hydroxylation sites is 2. The highest BCUT2D eigenvalue weighted by Crippen LogP contribution is 2.38. The van der Waals surface area contributed by atoms with E-state index in [2.05, 4.69) is 15.3 Å². The zero-order valence-corrected chi connectivity index (χ0v) is 15.0. The third kappa shape index (κ3) is 3.56. The van der Waals surface area contributed by atoms with Gasteiger partial charge in [0.05, 0.1) is 32.4 Å². The molecule has 0 aliphatic heterocycles. The van der Waals surface area contributed by atoms with Crippen LogP contribution in [0.15, 0.2) is 36.4 Å². The average Bonchev–Trinajstić information content (AvgIpc) is 3.09. The van der Waals surface area contributed by atoms with Gasteiger partial charge >= 0.3 is 0 Å². The van der Waals surface area contributed by atoms with Gasteiger partial charge in [-0.3, -0.25) is 4.79 Å². The maximum Gasteiger partial charge on any atom is 0.251 e. The van der Waals surface area contributed by atoms with Crippen molar-refractivity contribution < 1.29 is 19.0 Å². The maximum absolute atomic E-state index is 12.4. The highest BCUT2D eigenvalue weighted by atomic mass is 16.5. The fraction of sp³-hybridized carbons (Fsp3) is 0.263. The molecule has 136 valence electrons. The second-order valence-corrected chi connectivity index (χ2v) is 5.62. The minimum Gasteiger partial charge on any atom is -0.493 e. The van der Waals surface area contributed by atoms with Crippen molar-refractivity contribution in [2.24, 2.45) is 0 Å². The quantitative estimate of drug-likeness (QED) is 0.680. The van der Waals surface area contributed by atoms with Gasteiger partial charge in [0.1, 0.15) is 5.82 Å². The molecule has 3 aromatic rings. The molecule has 0 aliphatic carbocycles. The molecule has 1 amide bonds. The number of methoxy groups -OCH3 is 3. The molecule has 7 nitrogen and oxygen atoms in total. The van der Waals surface area contributed by atoms with Crippen LogP contribution >= 0.6 is 0 Å². The van der Waals surface area contributed by atoms with Gasteiger partial charge in [-0.1, -0.05) is 12.1 Å². The number of nitrogens with zero attached hydrogens (tertiary/aromatic N) is 1. The Hall–Kier alpha value is -3.22. The first-order valence-corrected chi connectivity index (χ1v) is 8.18. The van der Waals surface area contributed by atoms with Crippen LogP contribution in [0.5, 0.6) is 17.2 Å². The smallest absolute Gasteiger partial charge is 0.251 e. The number of nitrogens with one attached hydrogen (secondary N) is 2. The van der Waals surface area contributed by atoms with E-state index in [1.54, 1.807) is 12.1 Å². The molecule has 2 N–H and O–H groups in total. The molecule has 26 heavy (non-hydrogen) atoms. The predicted molar refractivity (Wildman–Crippen MR) is 98.2 cm³/mol. The number of hydrogen-bond donors (Lipinski definition) is 2. The van der Waals surface area contributed by atoms with E-state index in [-0.39, 0.29) is 5.91 Å². The first kappa shape index (κ1) is 17.6. The summed E-state index contributed by atoms with van der Waals surface area (Å²) in [5, 5.41) is 2.88. The summed E-state index contributed by atoms with van der Waals surface area (Å²) in [6.45, 7) is 0.454. The monoisotopic (exact) mass is 355 g/mol. The molecule has 3 rings (SSSR count). The summed E-state index contributed by atoms with van der Waals surface area (Å²) in [7, 11) is 4.55. The van der Waals surface area contributed by atoms with Crippen LogP contribution in [0, 0.1) is 0 Å². The molecule has 0 fully saturated rings. The van der Waals surface area contributed by atoms with Crippen molar-refractivity contribution >= 4 is 16.9 Å². The minimum atomic E-state index is -0.222. The van der Waals surface area contributed by atoms with Gasteiger partial charge in [0.25, 0.3) is 5.91 Å². The lowest BCUT2D eigenvalue weighted by Crippen LogP contribution is -2.26. The van der Waals surface area contributed by atoms with Gasteiger partial charge < -0.3 is 24.5 Å². The molecule has 0 saturated carbocycles. The molecule has 7 heteroatoms. The van der Waals surface area contributed by atoms with E-state index in [4.69, 9.17) is 14.2 Å². The van der Waals surface area contributed by atoms with Crippen LogP contribution < -0.4 is 19.5 Å². The van der Waals surface area contributed by atoms with Gasteiger partial charge in [-0.2, -0.15) is 0 Å². The third-order valence-electron chi connectivity index (χ3n) is 4.01. The molecule has 0 aliphatic rings. The molecule has 0 saturated heterocycles. The number of aromatic nitrogens is 2. The number of aromatic amines is 1. The van der Waals surface area contributed by atoms with Crippen molar-refractivity contribution in [1.29, 1.82) is 0 Å². The van der Waals surface area contributed by atoms with Gasteiger partial charge in [-0.05, 0) is 24.3 Å². The van der Waals surface area contributed by atoms with Crippen molar-refractivity contribution in [2.75, 3.05) is 27.9 Å². The van der Waals surface area contributed by atoms with Crippen molar-refractivity contribution in [1.82, 2.24) is 15.3 Å². The standard InChI is InChI=1S/C19H21N3O4/c1-24-15-10-12(11-16(25-2)18(15)26-3)19(23)20-9-8-17-21-13-6-4-5-7-14(13)22-17/h4-7,10-11H,8-9H2,1-3H3,(H,20,23)(H,21,22). The Labute approximate surface area is 151 Å². The third-order valence-corrected chi connectivity index (χ3v) is 4.01.